The molecule has 172 valence electrons. The minimum Gasteiger partial charge on any atom is -0.491 e. The zero-order chi connectivity index (χ0) is 22.5. The van der Waals surface area contributed by atoms with Crippen molar-refractivity contribution in [2.45, 2.75) is 27.4 Å². The second-order valence-corrected chi connectivity index (χ2v) is 7.38. The van der Waals surface area contributed by atoms with Crippen molar-refractivity contribution in [3.8, 4) is 16.9 Å². The monoisotopic (exact) mass is 432 g/mol. The van der Waals surface area contributed by atoms with E-state index in [9.17, 15) is 0 Å². The number of methoxy groups -OCH3 is 1. The molecule has 6 heteroatoms. The van der Waals surface area contributed by atoms with Gasteiger partial charge in [-0.15, -0.1) is 0 Å². The molecule has 0 aliphatic rings. The minimum absolute atomic E-state index is 0.0288. The number of aryl methyl sites for hydroxylation is 3. The number of rotatable bonds is 15. The van der Waals surface area contributed by atoms with Crippen LogP contribution in [0.3, 0.4) is 0 Å². The molecule has 0 saturated carbocycles. The highest BCUT2D eigenvalue weighted by Crippen LogP contribution is 2.33. The fourth-order valence-electron chi connectivity index (χ4n) is 3.34. The van der Waals surface area contributed by atoms with Crippen molar-refractivity contribution >= 4 is 0 Å². The first-order chi connectivity index (χ1) is 15.1. The van der Waals surface area contributed by atoms with Gasteiger partial charge >= 0.3 is 0 Å². The molecule has 31 heavy (non-hydrogen) atoms. The summed E-state index contributed by atoms with van der Waals surface area (Å²) in [5, 5.41) is 8.78. The molecule has 2 rings (SSSR count). The van der Waals surface area contributed by atoms with Crippen LogP contribution in [0.5, 0.6) is 5.75 Å². The Labute approximate surface area is 186 Å². The molecule has 1 N–H and O–H groups in total. The molecule has 0 amide bonds. The van der Waals surface area contributed by atoms with Crippen LogP contribution in [0, 0.1) is 20.8 Å². The molecule has 2 aromatic rings. The Morgan fingerprint density at radius 3 is 2.13 bits per heavy atom. The normalized spacial score (nSPS) is 11.1. The van der Waals surface area contributed by atoms with E-state index in [1.54, 1.807) is 7.11 Å². The van der Waals surface area contributed by atoms with Gasteiger partial charge in [0.1, 0.15) is 12.4 Å². The summed E-state index contributed by atoms with van der Waals surface area (Å²) >= 11 is 0. The van der Waals surface area contributed by atoms with Crippen LogP contribution < -0.4 is 4.74 Å². The average Bonchev–Trinajstić information content (AvgIpc) is 2.76. The fraction of sp³-hybridized carbons (Fsp3) is 0.520. The van der Waals surface area contributed by atoms with Crippen LogP contribution in [-0.2, 0) is 25.6 Å². The first kappa shape index (κ1) is 25.3. The predicted octanol–water partition coefficient (Wildman–Crippen LogP) is 3.85. The molecular weight excluding hydrogens is 396 g/mol. The van der Waals surface area contributed by atoms with Gasteiger partial charge in [0.2, 0.25) is 0 Å². The van der Waals surface area contributed by atoms with Gasteiger partial charge in [-0.1, -0.05) is 18.2 Å². The Bertz CT molecular complexity index is 790. The van der Waals surface area contributed by atoms with E-state index in [0.717, 1.165) is 16.9 Å². The van der Waals surface area contributed by atoms with Crippen molar-refractivity contribution in [1.82, 2.24) is 0 Å². The van der Waals surface area contributed by atoms with E-state index >= 15 is 0 Å². The smallest absolute Gasteiger partial charge is 0.122 e. The maximum atomic E-state index is 8.78. The van der Waals surface area contributed by atoms with Crippen LogP contribution >= 0.6 is 0 Å². The summed E-state index contributed by atoms with van der Waals surface area (Å²) < 4.78 is 27.4. The molecule has 0 heterocycles. The van der Waals surface area contributed by atoms with Gasteiger partial charge in [0, 0.05) is 7.11 Å². The fourth-order valence-corrected chi connectivity index (χ4v) is 3.34. The largest absolute Gasteiger partial charge is 0.491 e. The van der Waals surface area contributed by atoms with Gasteiger partial charge in [-0.3, -0.25) is 0 Å². The molecular formula is C25H36O6. The van der Waals surface area contributed by atoms with Crippen LogP contribution in [-0.4, -0.2) is 65.1 Å². The summed E-state index contributed by atoms with van der Waals surface area (Å²) in [4.78, 5) is 0. The highest BCUT2D eigenvalue weighted by molar-refractivity contribution is 5.73. The highest BCUT2D eigenvalue weighted by Gasteiger charge is 2.13. The molecule has 0 saturated heterocycles. The second-order valence-electron chi connectivity index (χ2n) is 7.38. The van der Waals surface area contributed by atoms with E-state index in [-0.39, 0.29) is 6.61 Å². The molecule has 0 aromatic heterocycles. The molecule has 0 aliphatic heterocycles. The van der Waals surface area contributed by atoms with Crippen molar-refractivity contribution < 1.29 is 28.8 Å². The third-order valence-electron chi connectivity index (χ3n) is 4.99. The van der Waals surface area contributed by atoms with Crippen molar-refractivity contribution in [2.24, 2.45) is 0 Å². The SMILES string of the molecule is COCCOCCOc1ccc(-c2c(C)ccc(C)c2COCCOCCO)cc1C. The third kappa shape index (κ3) is 8.24. The lowest BCUT2D eigenvalue weighted by molar-refractivity contribution is 0.0274. The number of aliphatic hydroxyl groups is 1. The van der Waals surface area contributed by atoms with Crippen molar-refractivity contribution in [3.05, 3.63) is 52.6 Å². The van der Waals surface area contributed by atoms with Crippen LogP contribution in [0.15, 0.2) is 30.3 Å². The van der Waals surface area contributed by atoms with Gasteiger partial charge in [0.25, 0.3) is 0 Å². The van der Waals surface area contributed by atoms with Crippen LogP contribution in [0.25, 0.3) is 11.1 Å². The van der Waals surface area contributed by atoms with Crippen molar-refractivity contribution in [3.63, 3.8) is 0 Å². The maximum absolute atomic E-state index is 8.78. The van der Waals surface area contributed by atoms with Crippen LogP contribution in [0.2, 0.25) is 0 Å². The van der Waals surface area contributed by atoms with E-state index < -0.39 is 0 Å². The average molecular weight is 433 g/mol. The van der Waals surface area contributed by atoms with E-state index in [4.69, 9.17) is 28.8 Å². The van der Waals surface area contributed by atoms with Gasteiger partial charge in [-0.25, -0.2) is 0 Å². The molecule has 0 bridgehead atoms. The topological polar surface area (TPSA) is 66.4 Å². The molecule has 0 atom stereocenters. The summed E-state index contributed by atoms with van der Waals surface area (Å²) in [6.07, 6.45) is 0. The molecule has 2 aromatic carbocycles. The number of hydrogen-bond acceptors (Lipinski definition) is 6. The summed E-state index contributed by atoms with van der Waals surface area (Å²) in [5.74, 6) is 0.864. The molecule has 0 aliphatic carbocycles. The number of hydrogen-bond donors (Lipinski definition) is 1. The third-order valence-corrected chi connectivity index (χ3v) is 4.99. The van der Waals surface area contributed by atoms with Gasteiger partial charge in [-0.05, 0) is 66.3 Å². The van der Waals surface area contributed by atoms with E-state index in [1.165, 1.54) is 22.3 Å². The predicted molar refractivity (Wildman–Crippen MR) is 122 cm³/mol. The summed E-state index contributed by atoms with van der Waals surface area (Å²) in [6.45, 7) is 10.3. The molecule has 0 unspecified atom stereocenters. The summed E-state index contributed by atoms with van der Waals surface area (Å²) in [7, 11) is 1.66. The Morgan fingerprint density at radius 2 is 1.39 bits per heavy atom. The minimum atomic E-state index is 0.0288. The molecule has 0 spiro atoms. The lowest BCUT2D eigenvalue weighted by atomic mass is 9.91. The Morgan fingerprint density at radius 1 is 0.710 bits per heavy atom. The van der Waals surface area contributed by atoms with Gasteiger partial charge in [0.05, 0.1) is 52.9 Å². The second kappa shape index (κ2) is 14.2. The van der Waals surface area contributed by atoms with E-state index in [1.807, 2.05) is 6.07 Å². The van der Waals surface area contributed by atoms with Crippen molar-refractivity contribution in [2.75, 3.05) is 60.0 Å². The molecule has 6 nitrogen and oxygen atoms in total. The van der Waals surface area contributed by atoms with Gasteiger partial charge < -0.3 is 28.8 Å². The number of ether oxygens (including phenoxy) is 5. The van der Waals surface area contributed by atoms with E-state index in [0.29, 0.717) is 52.9 Å². The van der Waals surface area contributed by atoms with Crippen molar-refractivity contribution in [1.29, 1.82) is 0 Å². The van der Waals surface area contributed by atoms with Gasteiger partial charge in [-0.2, -0.15) is 0 Å². The Kier molecular flexibility index (Phi) is 11.6. The number of aliphatic hydroxyl groups excluding tert-OH is 1. The summed E-state index contributed by atoms with van der Waals surface area (Å²) in [6, 6.07) is 10.6. The van der Waals surface area contributed by atoms with E-state index in [2.05, 4.69) is 45.0 Å². The highest BCUT2D eigenvalue weighted by atomic mass is 16.5. The Balaban J connectivity index is 2.05. The first-order valence-corrected chi connectivity index (χ1v) is 10.7. The Hall–Kier alpha value is -1.96. The van der Waals surface area contributed by atoms with Crippen LogP contribution in [0.4, 0.5) is 0 Å². The van der Waals surface area contributed by atoms with Crippen LogP contribution in [0.1, 0.15) is 22.3 Å². The zero-order valence-electron chi connectivity index (χ0n) is 19.2. The lowest BCUT2D eigenvalue weighted by Crippen LogP contribution is -2.10. The number of benzene rings is 2. The molecule has 0 fully saturated rings. The lowest BCUT2D eigenvalue weighted by Gasteiger charge is -2.18. The summed E-state index contributed by atoms with van der Waals surface area (Å²) in [5.41, 5.74) is 7.02. The molecule has 0 radical (unpaired) electrons. The maximum Gasteiger partial charge on any atom is 0.122 e. The zero-order valence-corrected chi connectivity index (χ0v) is 19.2. The quantitative estimate of drug-likeness (QED) is 0.431. The van der Waals surface area contributed by atoms with Gasteiger partial charge in [0.15, 0.2) is 0 Å². The first-order valence-electron chi connectivity index (χ1n) is 10.7. The standard InChI is InChI=1S/C25H36O6/c1-19-5-6-20(2)25(23(19)18-30-14-13-28-10-9-26)22-7-8-24(21(3)17-22)31-16-15-29-12-11-27-4/h5-8,17,26H,9-16,18H2,1-4H3.